The van der Waals surface area contributed by atoms with Gasteiger partial charge in [-0.05, 0) is 42.4 Å². The van der Waals surface area contributed by atoms with E-state index in [1.165, 1.54) is 11.1 Å². The van der Waals surface area contributed by atoms with Gasteiger partial charge in [-0.25, -0.2) is 0 Å². The van der Waals surface area contributed by atoms with E-state index >= 15 is 0 Å². The molecule has 128 valence electrons. The average Bonchev–Trinajstić information content (AvgIpc) is 3.04. The molecule has 1 aromatic heterocycles. The van der Waals surface area contributed by atoms with Crippen molar-refractivity contribution in [1.29, 1.82) is 0 Å². The van der Waals surface area contributed by atoms with Gasteiger partial charge in [0, 0.05) is 18.0 Å². The predicted octanol–water partition coefficient (Wildman–Crippen LogP) is 4.06. The normalized spacial score (nSPS) is 10.3. The second-order valence-electron chi connectivity index (χ2n) is 5.66. The molecule has 0 atom stereocenters. The van der Waals surface area contributed by atoms with Crippen molar-refractivity contribution < 1.29 is 4.74 Å². The van der Waals surface area contributed by atoms with Gasteiger partial charge in [-0.1, -0.05) is 30.3 Å². The van der Waals surface area contributed by atoms with Crippen LogP contribution in [-0.4, -0.2) is 22.0 Å². The lowest BCUT2D eigenvalue weighted by atomic mass is 10.1. The summed E-state index contributed by atoms with van der Waals surface area (Å²) in [4.78, 5) is 0. The van der Waals surface area contributed by atoms with E-state index in [4.69, 9.17) is 17.0 Å². The van der Waals surface area contributed by atoms with Crippen LogP contribution in [0.1, 0.15) is 11.1 Å². The minimum absolute atomic E-state index is 0.503. The first-order valence-corrected chi connectivity index (χ1v) is 8.34. The van der Waals surface area contributed by atoms with Gasteiger partial charge in [-0.3, -0.25) is 4.68 Å². The Morgan fingerprint density at radius 1 is 1.12 bits per heavy atom. The average molecular weight is 352 g/mol. The van der Waals surface area contributed by atoms with Crippen molar-refractivity contribution in [2.75, 3.05) is 17.7 Å². The van der Waals surface area contributed by atoms with E-state index in [1.54, 1.807) is 13.3 Å². The van der Waals surface area contributed by atoms with Crippen LogP contribution in [0.25, 0.3) is 0 Å². The minimum atomic E-state index is 0.503. The van der Waals surface area contributed by atoms with Crippen molar-refractivity contribution in [1.82, 2.24) is 9.78 Å². The number of hydrogen-bond donors (Lipinski definition) is 2. The van der Waals surface area contributed by atoms with Gasteiger partial charge in [0.25, 0.3) is 0 Å². The van der Waals surface area contributed by atoms with E-state index in [0.29, 0.717) is 5.11 Å². The number of anilines is 2. The van der Waals surface area contributed by atoms with Crippen LogP contribution >= 0.6 is 12.2 Å². The first kappa shape index (κ1) is 17.0. The highest BCUT2D eigenvalue weighted by Crippen LogP contribution is 2.17. The Bertz CT molecular complexity index is 875. The molecule has 0 bridgehead atoms. The zero-order valence-corrected chi connectivity index (χ0v) is 15.0. The van der Waals surface area contributed by atoms with E-state index in [9.17, 15) is 0 Å². The van der Waals surface area contributed by atoms with Gasteiger partial charge in [0.15, 0.2) is 5.11 Å². The molecule has 3 rings (SSSR count). The van der Waals surface area contributed by atoms with Crippen molar-refractivity contribution in [2.24, 2.45) is 0 Å². The number of thiocarbonyl (C=S) groups is 1. The molecule has 0 aliphatic carbocycles. The van der Waals surface area contributed by atoms with Gasteiger partial charge in [0.05, 0.1) is 25.5 Å². The number of nitrogens with zero attached hydrogens (tertiary/aromatic N) is 2. The molecular formula is C19H20N4OS. The second-order valence-corrected chi connectivity index (χ2v) is 6.07. The lowest BCUT2D eigenvalue weighted by Crippen LogP contribution is -2.18. The number of benzene rings is 2. The van der Waals surface area contributed by atoms with Crippen LogP contribution in [0.2, 0.25) is 0 Å². The summed E-state index contributed by atoms with van der Waals surface area (Å²) in [6.45, 7) is 2.83. The van der Waals surface area contributed by atoms with Crippen molar-refractivity contribution in [3.63, 3.8) is 0 Å². The minimum Gasteiger partial charge on any atom is -0.497 e. The summed E-state index contributed by atoms with van der Waals surface area (Å²) < 4.78 is 7.09. The molecule has 0 aliphatic rings. The number of hydrogen-bond acceptors (Lipinski definition) is 3. The molecule has 0 fully saturated rings. The van der Waals surface area contributed by atoms with Crippen LogP contribution in [0.5, 0.6) is 5.75 Å². The summed E-state index contributed by atoms with van der Waals surface area (Å²) in [6, 6.07) is 15.9. The third-order valence-corrected chi connectivity index (χ3v) is 4.02. The van der Waals surface area contributed by atoms with E-state index in [1.807, 2.05) is 47.3 Å². The van der Waals surface area contributed by atoms with Crippen molar-refractivity contribution >= 4 is 28.7 Å². The Balaban J connectivity index is 1.61. The van der Waals surface area contributed by atoms with Crippen molar-refractivity contribution in [2.45, 2.75) is 13.5 Å². The van der Waals surface area contributed by atoms with Gasteiger partial charge < -0.3 is 15.4 Å². The number of ether oxygens (including phenoxy) is 1. The lowest BCUT2D eigenvalue weighted by molar-refractivity contribution is 0.415. The van der Waals surface area contributed by atoms with E-state index in [0.717, 1.165) is 23.7 Å². The van der Waals surface area contributed by atoms with Gasteiger partial charge in [0.2, 0.25) is 0 Å². The van der Waals surface area contributed by atoms with E-state index in [2.05, 4.69) is 34.8 Å². The summed E-state index contributed by atoms with van der Waals surface area (Å²) in [5.74, 6) is 0.777. The van der Waals surface area contributed by atoms with Crippen LogP contribution in [0.15, 0.2) is 60.9 Å². The Labute approximate surface area is 152 Å². The zero-order valence-electron chi connectivity index (χ0n) is 14.2. The molecule has 6 heteroatoms. The van der Waals surface area contributed by atoms with Crippen LogP contribution in [0, 0.1) is 6.92 Å². The fraction of sp³-hybridized carbons (Fsp3) is 0.158. The smallest absolute Gasteiger partial charge is 0.175 e. The maximum atomic E-state index is 5.36. The first-order chi connectivity index (χ1) is 12.1. The predicted molar refractivity (Wildman–Crippen MR) is 105 cm³/mol. The van der Waals surface area contributed by atoms with Crippen LogP contribution in [-0.2, 0) is 6.54 Å². The summed E-state index contributed by atoms with van der Waals surface area (Å²) in [5.41, 5.74) is 4.20. The monoisotopic (exact) mass is 352 g/mol. The molecule has 0 saturated carbocycles. The summed E-state index contributed by atoms with van der Waals surface area (Å²) in [5, 5.41) is 11.2. The standard InChI is InChI=1S/C19H20N4OS/c1-14-6-3-4-7-15(14)12-23-13-17(11-20-23)22-19(25)21-16-8-5-9-18(10-16)24-2/h3-11,13H,12H2,1-2H3,(H2,21,22,25). The molecule has 0 amide bonds. The third kappa shape index (κ3) is 4.58. The van der Waals surface area contributed by atoms with E-state index < -0.39 is 0 Å². The molecule has 2 N–H and O–H groups in total. The molecule has 0 aliphatic heterocycles. The molecule has 0 spiro atoms. The summed E-state index contributed by atoms with van der Waals surface area (Å²) in [7, 11) is 1.64. The fourth-order valence-corrected chi connectivity index (χ4v) is 2.71. The molecule has 0 saturated heterocycles. The van der Waals surface area contributed by atoms with Crippen LogP contribution in [0.3, 0.4) is 0 Å². The quantitative estimate of drug-likeness (QED) is 0.678. The summed E-state index contributed by atoms with van der Waals surface area (Å²) >= 11 is 5.36. The SMILES string of the molecule is COc1cccc(NC(=S)Nc2cnn(Cc3ccccc3C)c2)c1. The highest BCUT2D eigenvalue weighted by Gasteiger charge is 2.04. The second kappa shape index (κ2) is 7.81. The number of nitrogens with one attached hydrogen (secondary N) is 2. The van der Waals surface area contributed by atoms with E-state index in [-0.39, 0.29) is 0 Å². The highest BCUT2D eigenvalue weighted by atomic mass is 32.1. The topological polar surface area (TPSA) is 51.1 Å². The maximum absolute atomic E-state index is 5.36. The van der Waals surface area contributed by atoms with Gasteiger partial charge in [-0.15, -0.1) is 0 Å². The Morgan fingerprint density at radius 2 is 1.92 bits per heavy atom. The molecule has 5 nitrogen and oxygen atoms in total. The number of aromatic nitrogens is 2. The molecule has 3 aromatic rings. The number of rotatable bonds is 5. The first-order valence-electron chi connectivity index (χ1n) is 7.93. The number of aryl methyl sites for hydroxylation is 1. The third-order valence-electron chi connectivity index (χ3n) is 3.81. The van der Waals surface area contributed by atoms with Gasteiger partial charge in [-0.2, -0.15) is 5.10 Å². The van der Waals surface area contributed by atoms with Crippen LogP contribution < -0.4 is 15.4 Å². The molecule has 1 heterocycles. The van der Waals surface area contributed by atoms with Gasteiger partial charge >= 0.3 is 0 Å². The highest BCUT2D eigenvalue weighted by molar-refractivity contribution is 7.80. The van der Waals surface area contributed by atoms with Crippen molar-refractivity contribution in [3.8, 4) is 5.75 Å². The zero-order chi connectivity index (χ0) is 17.6. The Morgan fingerprint density at radius 3 is 2.72 bits per heavy atom. The Kier molecular flexibility index (Phi) is 5.30. The largest absolute Gasteiger partial charge is 0.497 e. The molecule has 2 aromatic carbocycles. The number of methoxy groups -OCH3 is 1. The summed E-state index contributed by atoms with van der Waals surface area (Å²) in [6.07, 6.45) is 3.70. The molecular weight excluding hydrogens is 332 g/mol. The van der Waals surface area contributed by atoms with Gasteiger partial charge in [0.1, 0.15) is 5.75 Å². The Hall–Kier alpha value is -2.86. The molecule has 0 radical (unpaired) electrons. The van der Waals surface area contributed by atoms with Crippen LogP contribution in [0.4, 0.5) is 11.4 Å². The molecule has 0 unspecified atom stereocenters. The fourth-order valence-electron chi connectivity index (χ4n) is 2.47. The van der Waals surface area contributed by atoms with Crippen molar-refractivity contribution in [3.05, 3.63) is 72.1 Å². The molecule has 25 heavy (non-hydrogen) atoms. The maximum Gasteiger partial charge on any atom is 0.175 e. The lowest BCUT2D eigenvalue weighted by Gasteiger charge is -2.10.